The van der Waals surface area contributed by atoms with Gasteiger partial charge < -0.3 is 15.3 Å². The van der Waals surface area contributed by atoms with Crippen LogP contribution in [0.1, 0.15) is 29.8 Å². The van der Waals surface area contributed by atoms with Crippen LogP contribution in [0.5, 0.6) is 0 Å². The van der Waals surface area contributed by atoms with Crippen LogP contribution < -0.4 is 5.32 Å². The van der Waals surface area contributed by atoms with Crippen molar-refractivity contribution in [1.82, 2.24) is 20.2 Å². The third-order valence-electron chi connectivity index (χ3n) is 5.28. The Kier molecular flexibility index (Phi) is 3.88. The largest absolute Gasteiger partial charge is 0.392 e. The number of carbonyl (C=O) groups excluding carboxylic acids is 2. The highest BCUT2D eigenvalue weighted by Crippen LogP contribution is 2.37. The minimum atomic E-state index is -0.906. The Labute approximate surface area is 145 Å². The minimum absolute atomic E-state index is 0.159. The molecule has 7 heteroatoms. The molecule has 2 atom stereocenters. The average Bonchev–Trinajstić information content (AvgIpc) is 2.65. The van der Waals surface area contributed by atoms with Crippen molar-refractivity contribution in [3.05, 3.63) is 36.2 Å². The van der Waals surface area contributed by atoms with E-state index in [1.807, 2.05) is 24.3 Å². The predicted molar refractivity (Wildman–Crippen MR) is 90.7 cm³/mol. The van der Waals surface area contributed by atoms with Crippen LogP contribution in [0.25, 0.3) is 11.0 Å². The molecule has 2 aliphatic heterocycles. The molecule has 130 valence electrons. The zero-order valence-electron chi connectivity index (χ0n) is 13.8. The molecule has 0 bridgehead atoms. The van der Waals surface area contributed by atoms with Crippen LogP contribution in [-0.2, 0) is 4.79 Å². The third-order valence-corrected chi connectivity index (χ3v) is 5.28. The zero-order valence-corrected chi connectivity index (χ0v) is 13.8. The Morgan fingerprint density at radius 1 is 1.32 bits per heavy atom. The Hall–Kier alpha value is -2.54. The molecule has 2 amide bonds. The number of rotatable bonds is 1. The normalized spacial score (nSPS) is 26.7. The van der Waals surface area contributed by atoms with Crippen molar-refractivity contribution in [2.45, 2.75) is 25.4 Å². The van der Waals surface area contributed by atoms with Gasteiger partial charge in [-0.3, -0.25) is 14.6 Å². The van der Waals surface area contributed by atoms with E-state index in [1.165, 1.54) is 6.20 Å². The number of nitrogens with zero attached hydrogens (tertiary/aromatic N) is 3. The van der Waals surface area contributed by atoms with Gasteiger partial charge in [-0.15, -0.1) is 0 Å². The molecule has 2 aromatic rings. The van der Waals surface area contributed by atoms with Crippen molar-refractivity contribution in [1.29, 1.82) is 0 Å². The molecule has 0 saturated carbocycles. The van der Waals surface area contributed by atoms with Gasteiger partial charge in [-0.25, -0.2) is 4.98 Å². The van der Waals surface area contributed by atoms with Gasteiger partial charge in [0.15, 0.2) is 0 Å². The van der Waals surface area contributed by atoms with Crippen LogP contribution in [0.4, 0.5) is 0 Å². The molecule has 25 heavy (non-hydrogen) atoms. The van der Waals surface area contributed by atoms with Gasteiger partial charge in [0.05, 0.1) is 28.7 Å². The summed E-state index contributed by atoms with van der Waals surface area (Å²) in [5.41, 5.74) is 0.754. The van der Waals surface area contributed by atoms with Gasteiger partial charge in [0.25, 0.3) is 5.91 Å². The molecule has 1 spiro atoms. The number of aliphatic hydroxyl groups excluding tert-OH is 1. The van der Waals surface area contributed by atoms with Crippen LogP contribution in [0.2, 0.25) is 0 Å². The number of aliphatic hydroxyl groups is 1. The Morgan fingerprint density at radius 2 is 2.12 bits per heavy atom. The highest BCUT2D eigenvalue weighted by molar-refractivity contribution is 5.94. The van der Waals surface area contributed by atoms with Crippen LogP contribution >= 0.6 is 0 Å². The number of carbonyl (C=O) groups is 2. The molecule has 3 heterocycles. The summed E-state index contributed by atoms with van der Waals surface area (Å²) in [6.45, 7) is 1.24. The van der Waals surface area contributed by atoms with E-state index in [1.54, 1.807) is 4.90 Å². The summed E-state index contributed by atoms with van der Waals surface area (Å²) >= 11 is 0. The second-order valence-electron chi connectivity index (χ2n) is 6.79. The second-order valence-corrected chi connectivity index (χ2v) is 6.79. The van der Waals surface area contributed by atoms with Gasteiger partial charge in [-0.2, -0.15) is 0 Å². The summed E-state index contributed by atoms with van der Waals surface area (Å²) < 4.78 is 0. The first-order valence-electron chi connectivity index (χ1n) is 8.58. The number of amides is 2. The molecular formula is C18H20N4O3. The monoisotopic (exact) mass is 340 g/mol. The number of fused-ring (bicyclic) bond motifs is 1. The van der Waals surface area contributed by atoms with E-state index >= 15 is 0 Å². The first kappa shape index (κ1) is 16.0. The zero-order chi connectivity index (χ0) is 17.4. The molecule has 0 radical (unpaired) electrons. The molecule has 2 fully saturated rings. The SMILES string of the molecule is O=C(c1cnc2ccccc2n1)N1CC[C@H](O)[C@@]2(CCCNC2=O)C1. The van der Waals surface area contributed by atoms with Crippen molar-refractivity contribution in [2.24, 2.45) is 5.41 Å². The topological polar surface area (TPSA) is 95.4 Å². The lowest BCUT2D eigenvalue weighted by Gasteiger charge is -2.46. The minimum Gasteiger partial charge on any atom is -0.392 e. The number of benzene rings is 1. The number of para-hydroxylation sites is 2. The highest BCUT2D eigenvalue weighted by Gasteiger charge is 2.50. The van der Waals surface area contributed by atoms with E-state index in [0.717, 1.165) is 11.9 Å². The smallest absolute Gasteiger partial charge is 0.274 e. The Bertz CT molecular complexity index is 840. The molecule has 2 aliphatic rings. The molecule has 0 aliphatic carbocycles. The number of hydrogen-bond donors (Lipinski definition) is 2. The molecule has 2 saturated heterocycles. The maximum atomic E-state index is 12.9. The molecule has 7 nitrogen and oxygen atoms in total. The lowest BCUT2D eigenvalue weighted by molar-refractivity contribution is -0.147. The summed E-state index contributed by atoms with van der Waals surface area (Å²) in [5, 5.41) is 13.3. The lowest BCUT2D eigenvalue weighted by atomic mass is 9.71. The maximum absolute atomic E-state index is 12.9. The van der Waals surface area contributed by atoms with Crippen molar-refractivity contribution < 1.29 is 14.7 Å². The van der Waals surface area contributed by atoms with Crippen molar-refractivity contribution in [3.8, 4) is 0 Å². The molecule has 1 aromatic heterocycles. The Morgan fingerprint density at radius 3 is 2.92 bits per heavy atom. The van der Waals surface area contributed by atoms with E-state index < -0.39 is 11.5 Å². The molecule has 0 unspecified atom stereocenters. The van der Waals surface area contributed by atoms with E-state index in [-0.39, 0.29) is 24.1 Å². The van der Waals surface area contributed by atoms with Crippen LogP contribution in [-0.4, -0.2) is 57.5 Å². The van der Waals surface area contributed by atoms with E-state index in [4.69, 9.17) is 0 Å². The van der Waals surface area contributed by atoms with Gasteiger partial charge in [-0.1, -0.05) is 12.1 Å². The van der Waals surface area contributed by atoms with Gasteiger partial charge >= 0.3 is 0 Å². The fourth-order valence-electron chi connectivity index (χ4n) is 3.84. The standard InChI is InChI=1S/C18H20N4O3/c23-15-6-9-22(11-18(15)7-3-8-19-17(18)25)16(24)14-10-20-12-4-1-2-5-13(12)21-14/h1-2,4-5,10,15,23H,3,6-9,11H2,(H,19,25)/t15-,18+/m0/s1. The quantitative estimate of drug-likeness (QED) is 0.798. The number of aromatic nitrogens is 2. The van der Waals surface area contributed by atoms with Crippen LogP contribution in [0.3, 0.4) is 0 Å². The number of piperidine rings is 2. The van der Waals surface area contributed by atoms with Crippen LogP contribution in [0.15, 0.2) is 30.5 Å². The summed E-state index contributed by atoms with van der Waals surface area (Å²) in [7, 11) is 0. The molecular weight excluding hydrogens is 320 g/mol. The van der Waals surface area contributed by atoms with Crippen molar-refractivity contribution >= 4 is 22.8 Å². The van der Waals surface area contributed by atoms with Crippen LogP contribution in [0, 0.1) is 5.41 Å². The van der Waals surface area contributed by atoms with Crippen molar-refractivity contribution in [2.75, 3.05) is 19.6 Å². The maximum Gasteiger partial charge on any atom is 0.274 e. The second kappa shape index (κ2) is 6.07. The third kappa shape index (κ3) is 2.64. The first-order valence-corrected chi connectivity index (χ1v) is 8.58. The first-order chi connectivity index (χ1) is 12.1. The van der Waals surface area contributed by atoms with Crippen molar-refractivity contribution in [3.63, 3.8) is 0 Å². The number of hydrogen-bond acceptors (Lipinski definition) is 5. The predicted octanol–water partition coefficient (Wildman–Crippen LogP) is 0.733. The summed E-state index contributed by atoms with van der Waals surface area (Å²) in [4.78, 5) is 35.6. The van der Waals surface area contributed by atoms with Gasteiger partial charge in [0.2, 0.25) is 5.91 Å². The number of nitrogens with one attached hydrogen (secondary N) is 1. The van der Waals surface area contributed by atoms with Gasteiger partial charge in [-0.05, 0) is 31.4 Å². The van der Waals surface area contributed by atoms with E-state index in [0.29, 0.717) is 31.4 Å². The molecule has 1 aromatic carbocycles. The van der Waals surface area contributed by atoms with Gasteiger partial charge in [0.1, 0.15) is 5.69 Å². The fourth-order valence-corrected chi connectivity index (χ4v) is 3.84. The number of likely N-dealkylation sites (tertiary alicyclic amines) is 1. The summed E-state index contributed by atoms with van der Waals surface area (Å²) in [6, 6.07) is 7.38. The Balaban J connectivity index is 1.62. The summed E-state index contributed by atoms with van der Waals surface area (Å²) in [5.74, 6) is -0.406. The van der Waals surface area contributed by atoms with E-state index in [2.05, 4.69) is 15.3 Å². The fraction of sp³-hybridized carbons (Fsp3) is 0.444. The summed E-state index contributed by atoms with van der Waals surface area (Å²) in [6.07, 6.45) is 2.54. The van der Waals surface area contributed by atoms with Gasteiger partial charge in [0, 0.05) is 19.6 Å². The average molecular weight is 340 g/mol. The molecule has 2 N–H and O–H groups in total. The van der Waals surface area contributed by atoms with E-state index in [9.17, 15) is 14.7 Å². The lowest BCUT2D eigenvalue weighted by Crippen LogP contribution is -2.62. The highest BCUT2D eigenvalue weighted by atomic mass is 16.3. The molecule has 4 rings (SSSR count).